The number of amides is 1. The average Bonchev–Trinajstić information content (AvgIpc) is 3.31. The molecule has 0 radical (unpaired) electrons. The summed E-state index contributed by atoms with van der Waals surface area (Å²) in [5, 5.41) is 2.01. The van der Waals surface area contributed by atoms with Gasteiger partial charge in [0.15, 0.2) is 0 Å². The number of aryl methyl sites for hydroxylation is 2. The van der Waals surface area contributed by atoms with Crippen LogP contribution in [0.15, 0.2) is 63.1 Å². The molecule has 1 aromatic heterocycles. The van der Waals surface area contributed by atoms with E-state index in [4.69, 9.17) is 0 Å². The van der Waals surface area contributed by atoms with Crippen molar-refractivity contribution in [3.63, 3.8) is 0 Å². The first-order valence-electron chi connectivity index (χ1n) is 10.3. The lowest BCUT2D eigenvalue weighted by atomic mass is 10.2. The predicted molar refractivity (Wildman–Crippen MR) is 129 cm³/mol. The van der Waals surface area contributed by atoms with Crippen LogP contribution in [0.3, 0.4) is 0 Å². The number of rotatable bonds is 6. The number of carbonyl (C=O) groups excluding carboxylic acids is 1. The van der Waals surface area contributed by atoms with Crippen molar-refractivity contribution in [2.45, 2.75) is 29.4 Å². The van der Waals surface area contributed by atoms with Gasteiger partial charge in [0.2, 0.25) is 10.0 Å². The number of thiazole rings is 1. The van der Waals surface area contributed by atoms with Gasteiger partial charge in [-0.1, -0.05) is 29.8 Å². The first-order valence-corrected chi connectivity index (χ1v) is 13.7. The molecule has 3 aromatic rings. The lowest BCUT2D eigenvalue weighted by molar-refractivity contribution is 0.0694. The molecule has 2 aromatic carbocycles. The van der Waals surface area contributed by atoms with Crippen LogP contribution in [0.5, 0.6) is 0 Å². The Balaban J connectivity index is 1.44. The van der Waals surface area contributed by atoms with Gasteiger partial charge in [-0.2, -0.15) is 4.31 Å². The smallest absolute Gasteiger partial charge is 0.255 e. The van der Waals surface area contributed by atoms with E-state index in [1.807, 2.05) is 55.6 Å². The predicted octanol–water partition coefficient (Wildman–Crippen LogP) is 4.20. The summed E-state index contributed by atoms with van der Waals surface area (Å²) in [5.41, 5.74) is 5.22. The summed E-state index contributed by atoms with van der Waals surface area (Å²) >= 11 is 3.15. The maximum absolute atomic E-state index is 13.2. The highest BCUT2D eigenvalue weighted by molar-refractivity contribution is 7.98. The van der Waals surface area contributed by atoms with E-state index in [2.05, 4.69) is 4.98 Å². The first kappa shape index (κ1) is 23.0. The van der Waals surface area contributed by atoms with E-state index in [-0.39, 0.29) is 19.0 Å². The second-order valence-electron chi connectivity index (χ2n) is 7.73. The zero-order chi connectivity index (χ0) is 22.7. The van der Waals surface area contributed by atoms with Gasteiger partial charge in [-0.05, 0) is 37.6 Å². The number of piperazine rings is 1. The lowest BCUT2D eigenvalue weighted by Gasteiger charge is -2.34. The standard InChI is InChI=1S/C23H25N3O3S3/c1-17-7-8-22(18(2)13-17)32(28,29)26-11-9-25(10-12-26)23(27)20-5-3-4-6-21(20)31-15-19-14-30-16-24-19/h3-8,13-14,16H,9-12,15H2,1-2H3. The Hall–Kier alpha value is -2.20. The molecule has 1 aliphatic heterocycles. The zero-order valence-corrected chi connectivity index (χ0v) is 20.5. The summed E-state index contributed by atoms with van der Waals surface area (Å²) in [6, 6.07) is 12.9. The van der Waals surface area contributed by atoms with Crippen molar-refractivity contribution in [2.24, 2.45) is 0 Å². The molecule has 0 atom stereocenters. The van der Waals surface area contributed by atoms with E-state index >= 15 is 0 Å². The van der Waals surface area contributed by atoms with Gasteiger partial charge in [0.1, 0.15) is 0 Å². The third kappa shape index (κ3) is 4.91. The van der Waals surface area contributed by atoms with E-state index < -0.39 is 10.0 Å². The molecular weight excluding hydrogens is 462 g/mol. The molecular formula is C23H25N3O3S3. The largest absolute Gasteiger partial charge is 0.336 e. The van der Waals surface area contributed by atoms with Crippen LogP contribution in [0.25, 0.3) is 0 Å². The quantitative estimate of drug-likeness (QED) is 0.488. The summed E-state index contributed by atoms with van der Waals surface area (Å²) in [4.78, 5) is 20.5. The van der Waals surface area contributed by atoms with E-state index in [9.17, 15) is 13.2 Å². The summed E-state index contributed by atoms with van der Waals surface area (Å²) in [5.74, 6) is 0.644. The van der Waals surface area contributed by atoms with Crippen LogP contribution < -0.4 is 0 Å². The fraction of sp³-hybridized carbons (Fsp3) is 0.304. The number of sulfonamides is 1. The summed E-state index contributed by atoms with van der Waals surface area (Å²) in [6.07, 6.45) is 0. The van der Waals surface area contributed by atoms with Crippen molar-refractivity contribution in [2.75, 3.05) is 26.2 Å². The molecule has 9 heteroatoms. The molecule has 168 valence electrons. The molecule has 0 unspecified atom stereocenters. The van der Waals surface area contributed by atoms with Crippen LogP contribution in [0.4, 0.5) is 0 Å². The van der Waals surface area contributed by atoms with E-state index in [1.165, 1.54) is 4.31 Å². The number of hydrogen-bond acceptors (Lipinski definition) is 6. The Kier molecular flexibility index (Phi) is 6.99. The van der Waals surface area contributed by atoms with Gasteiger partial charge >= 0.3 is 0 Å². The van der Waals surface area contributed by atoms with Crippen molar-refractivity contribution >= 4 is 39.0 Å². The monoisotopic (exact) mass is 487 g/mol. The molecule has 0 aliphatic carbocycles. The maximum Gasteiger partial charge on any atom is 0.255 e. The van der Waals surface area contributed by atoms with E-state index in [1.54, 1.807) is 39.6 Å². The number of carbonyl (C=O) groups is 1. The van der Waals surface area contributed by atoms with E-state index in [0.29, 0.717) is 29.3 Å². The number of benzene rings is 2. The van der Waals surface area contributed by atoms with Gasteiger partial charge in [0, 0.05) is 42.2 Å². The topological polar surface area (TPSA) is 70.6 Å². The van der Waals surface area contributed by atoms with Gasteiger partial charge in [-0.3, -0.25) is 4.79 Å². The molecule has 0 spiro atoms. The number of aromatic nitrogens is 1. The second-order valence-corrected chi connectivity index (χ2v) is 11.4. The average molecular weight is 488 g/mol. The maximum atomic E-state index is 13.2. The van der Waals surface area contributed by atoms with Gasteiger partial charge in [0.05, 0.1) is 21.7 Å². The molecule has 32 heavy (non-hydrogen) atoms. The number of nitrogens with zero attached hydrogens (tertiary/aromatic N) is 3. The van der Waals surface area contributed by atoms with Crippen molar-refractivity contribution in [3.05, 3.63) is 75.7 Å². The molecule has 1 saturated heterocycles. The van der Waals surface area contributed by atoms with Crippen LogP contribution in [0.1, 0.15) is 27.2 Å². The minimum absolute atomic E-state index is 0.0602. The van der Waals surface area contributed by atoms with Crippen LogP contribution in [-0.4, -0.2) is 54.7 Å². The highest BCUT2D eigenvalue weighted by Gasteiger charge is 2.31. The zero-order valence-electron chi connectivity index (χ0n) is 18.0. The SMILES string of the molecule is Cc1ccc(S(=O)(=O)N2CCN(C(=O)c3ccccc3SCc3cscn3)CC2)c(C)c1. The molecule has 0 saturated carbocycles. The van der Waals surface area contributed by atoms with Crippen LogP contribution in [0, 0.1) is 13.8 Å². The van der Waals surface area contributed by atoms with Crippen molar-refractivity contribution in [3.8, 4) is 0 Å². The van der Waals surface area contributed by atoms with Crippen LogP contribution >= 0.6 is 23.1 Å². The highest BCUT2D eigenvalue weighted by Crippen LogP contribution is 2.28. The normalized spacial score (nSPS) is 15.1. The van der Waals surface area contributed by atoms with Crippen molar-refractivity contribution in [1.82, 2.24) is 14.2 Å². The molecule has 1 amide bonds. The third-order valence-electron chi connectivity index (χ3n) is 5.45. The fourth-order valence-corrected chi connectivity index (χ4v) is 7.00. The summed E-state index contributed by atoms with van der Waals surface area (Å²) < 4.78 is 27.7. The fourth-order valence-electron chi connectivity index (χ4n) is 3.76. The number of thioether (sulfide) groups is 1. The molecule has 0 N–H and O–H groups in total. The minimum Gasteiger partial charge on any atom is -0.336 e. The summed E-state index contributed by atoms with van der Waals surface area (Å²) in [7, 11) is -3.58. The molecule has 1 fully saturated rings. The first-order chi connectivity index (χ1) is 15.4. The Morgan fingerprint density at radius 1 is 1.09 bits per heavy atom. The van der Waals surface area contributed by atoms with Gasteiger partial charge in [-0.15, -0.1) is 23.1 Å². The Labute approximate surface area is 197 Å². The molecule has 6 nitrogen and oxygen atoms in total. The third-order valence-corrected chi connectivity index (χ3v) is 9.25. The van der Waals surface area contributed by atoms with Crippen molar-refractivity contribution in [1.29, 1.82) is 0 Å². The van der Waals surface area contributed by atoms with Gasteiger partial charge in [0.25, 0.3) is 5.91 Å². The second kappa shape index (κ2) is 9.74. The van der Waals surface area contributed by atoms with Crippen LogP contribution in [-0.2, 0) is 15.8 Å². The minimum atomic E-state index is -3.58. The van der Waals surface area contributed by atoms with E-state index in [0.717, 1.165) is 21.7 Å². The molecule has 0 bridgehead atoms. The van der Waals surface area contributed by atoms with Gasteiger partial charge in [-0.25, -0.2) is 13.4 Å². The van der Waals surface area contributed by atoms with Crippen LogP contribution in [0.2, 0.25) is 0 Å². The Morgan fingerprint density at radius 2 is 1.84 bits per heavy atom. The molecule has 4 rings (SSSR count). The highest BCUT2D eigenvalue weighted by atomic mass is 32.2. The Bertz CT molecular complexity index is 1200. The Morgan fingerprint density at radius 3 is 2.53 bits per heavy atom. The molecule has 1 aliphatic rings. The number of hydrogen-bond donors (Lipinski definition) is 0. The van der Waals surface area contributed by atoms with Gasteiger partial charge < -0.3 is 4.90 Å². The lowest BCUT2D eigenvalue weighted by Crippen LogP contribution is -2.50. The van der Waals surface area contributed by atoms with Crippen molar-refractivity contribution < 1.29 is 13.2 Å². The summed E-state index contributed by atoms with van der Waals surface area (Å²) in [6.45, 7) is 5.08. The molecule has 2 heterocycles.